The molecule has 0 amide bonds. The number of hydrogen-bond donors (Lipinski definition) is 2. The number of likely N-dealkylation sites (N-methyl/N-ethyl adjacent to an activating group) is 1. The zero-order chi connectivity index (χ0) is 15.5. The van der Waals surface area contributed by atoms with E-state index in [0.717, 1.165) is 27.6 Å². The molecule has 0 aliphatic carbocycles. The van der Waals surface area contributed by atoms with Crippen LogP contribution in [-0.2, 0) is 10.0 Å². The first-order valence-corrected chi connectivity index (χ1v) is 8.15. The van der Waals surface area contributed by atoms with Crippen LogP contribution in [0.15, 0.2) is 35.2 Å². The van der Waals surface area contributed by atoms with E-state index < -0.39 is 10.0 Å². The van der Waals surface area contributed by atoms with E-state index in [1.165, 1.54) is 13.1 Å². The van der Waals surface area contributed by atoms with E-state index in [4.69, 9.17) is 5.11 Å². The number of aliphatic hydroxyl groups excluding tert-OH is 1. The van der Waals surface area contributed by atoms with Gasteiger partial charge in [-0.25, -0.2) is 13.4 Å². The molecule has 2 rings (SSSR count). The van der Waals surface area contributed by atoms with Crippen LogP contribution in [0.5, 0.6) is 0 Å². The van der Waals surface area contributed by atoms with Crippen molar-refractivity contribution in [2.24, 2.45) is 0 Å². The van der Waals surface area contributed by atoms with Crippen molar-refractivity contribution in [3.05, 3.63) is 30.3 Å². The van der Waals surface area contributed by atoms with Gasteiger partial charge in [-0.15, -0.1) is 0 Å². The summed E-state index contributed by atoms with van der Waals surface area (Å²) in [5.74, 6) is 0.762. The van der Waals surface area contributed by atoms with Gasteiger partial charge >= 0.3 is 0 Å². The van der Waals surface area contributed by atoms with Crippen LogP contribution in [0.2, 0.25) is 0 Å². The Labute approximate surface area is 124 Å². The Morgan fingerprint density at radius 3 is 2.71 bits per heavy atom. The van der Waals surface area contributed by atoms with Crippen molar-refractivity contribution in [1.82, 2.24) is 9.29 Å². The number of pyridine rings is 1. The fourth-order valence-corrected chi connectivity index (χ4v) is 3.18. The lowest BCUT2D eigenvalue weighted by molar-refractivity contribution is 0.266. The largest absolute Gasteiger partial charge is 0.395 e. The standard InChI is InChI=1S/C14H19N3O3S/c1-3-15-14-7-4-11-10-12(5-6-13(11)16-14)21(19,20)17(2)8-9-18/h4-7,10,18H,3,8-9H2,1-2H3,(H,15,16). The summed E-state index contributed by atoms with van der Waals surface area (Å²) in [7, 11) is -2.14. The number of aliphatic hydroxyl groups is 1. The van der Waals surface area contributed by atoms with Gasteiger partial charge in [-0.3, -0.25) is 0 Å². The highest BCUT2D eigenvalue weighted by Gasteiger charge is 2.20. The zero-order valence-corrected chi connectivity index (χ0v) is 12.9. The second-order valence-corrected chi connectivity index (χ2v) is 6.68. The molecule has 1 heterocycles. The Kier molecular flexibility index (Phi) is 4.76. The first kappa shape index (κ1) is 15.7. The Morgan fingerprint density at radius 1 is 1.29 bits per heavy atom. The molecule has 1 aromatic heterocycles. The summed E-state index contributed by atoms with van der Waals surface area (Å²) in [4.78, 5) is 4.61. The lowest BCUT2D eigenvalue weighted by Gasteiger charge is -2.16. The zero-order valence-electron chi connectivity index (χ0n) is 12.1. The average molecular weight is 309 g/mol. The highest BCUT2D eigenvalue weighted by Crippen LogP contribution is 2.21. The molecule has 114 valence electrons. The van der Waals surface area contributed by atoms with Gasteiger partial charge in [0.1, 0.15) is 5.82 Å². The van der Waals surface area contributed by atoms with Crippen LogP contribution in [0, 0.1) is 0 Å². The predicted molar refractivity (Wildman–Crippen MR) is 82.8 cm³/mol. The minimum Gasteiger partial charge on any atom is -0.395 e. The number of fused-ring (bicyclic) bond motifs is 1. The second kappa shape index (κ2) is 6.38. The van der Waals surface area contributed by atoms with Gasteiger partial charge in [-0.1, -0.05) is 0 Å². The number of anilines is 1. The number of hydrogen-bond acceptors (Lipinski definition) is 5. The third-order valence-electron chi connectivity index (χ3n) is 3.14. The van der Waals surface area contributed by atoms with Crippen molar-refractivity contribution in [1.29, 1.82) is 0 Å². The monoisotopic (exact) mass is 309 g/mol. The number of sulfonamides is 1. The molecule has 0 aliphatic rings. The lowest BCUT2D eigenvalue weighted by Crippen LogP contribution is -2.29. The summed E-state index contributed by atoms with van der Waals surface area (Å²) in [6, 6.07) is 8.48. The molecule has 6 nitrogen and oxygen atoms in total. The molecule has 2 aromatic rings. The Morgan fingerprint density at radius 2 is 2.05 bits per heavy atom. The van der Waals surface area contributed by atoms with Crippen molar-refractivity contribution < 1.29 is 13.5 Å². The van der Waals surface area contributed by atoms with Gasteiger partial charge in [-0.05, 0) is 37.3 Å². The quantitative estimate of drug-likeness (QED) is 0.840. The summed E-state index contributed by atoms with van der Waals surface area (Å²) in [5, 5.41) is 12.8. The average Bonchev–Trinajstić information content (AvgIpc) is 2.47. The van der Waals surface area contributed by atoms with Gasteiger partial charge in [0.25, 0.3) is 0 Å². The molecule has 7 heteroatoms. The number of rotatable bonds is 6. The molecule has 0 fully saturated rings. The highest BCUT2D eigenvalue weighted by molar-refractivity contribution is 7.89. The summed E-state index contributed by atoms with van der Waals surface area (Å²) in [6.45, 7) is 2.62. The van der Waals surface area contributed by atoms with Gasteiger partial charge in [0.05, 0.1) is 17.0 Å². The van der Waals surface area contributed by atoms with E-state index in [9.17, 15) is 8.42 Å². The highest BCUT2D eigenvalue weighted by atomic mass is 32.2. The van der Waals surface area contributed by atoms with Gasteiger partial charge in [0.15, 0.2) is 0 Å². The van der Waals surface area contributed by atoms with Gasteiger partial charge in [-0.2, -0.15) is 4.31 Å². The molecule has 0 saturated carbocycles. The van der Waals surface area contributed by atoms with Crippen LogP contribution in [0.3, 0.4) is 0 Å². The van der Waals surface area contributed by atoms with Crippen LogP contribution in [0.1, 0.15) is 6.92 Å². The van der Waals surface area contributed by atoms with Crippen molar-refractivity contribution in [2.75, 3.05) is 32.1 Å². The summed E-state index contributed by atoms with van der Waals surface area (Å²) < 4.78 is 25.8. The molecule has 0 spiro atoms. The first-order chi connectivity index (χ1) is 9.98. The maximum Gasteiger partial charge on any atom is 0.242 e. The summed E-state index contributed by atoms with van der Waals surface area (Å²) in [6.07, 6.45) is 0. The maximum atomic E-state index is 12.3. The predicted octanol–water partition coefficient (Wildman–Crippen LogP) is 1.28. The molecule has 0 atom stereocenters. The van der Waals surface area contributed by atoms with Crippen molar-refractivity contribution in [2.45, 2.75) is 11.8 Å². The second-order valence-electron chi connectivity index (χ2n) is 4.63. The molecule has 0 saturated heterocycles. The van der Waals surface area contributed by atoms with Crippen molar-refractivity contribution in [3.63, 3.8) is 0 Å². The first-order valence-electron chi connectivity index (χ1n) is 6.71. The van der Waals surface area contributed by atoms with E-state index in [0.29, 0.717) is 0 Å². The van der Waals surface area contributed by atoms with Crippen LogP contribution < -0.4 is 5.32 Å². The number of benzene rings is 1. The molecule has 1 aromatic carbocycles. The van der Waals surface area contributed by atoms with Gasteiger partial charge in [0.2, 0.25) is 10.0 Å². The van der Waals surface area contributed by atoms with Crippen LogP contribution in [-0.4, -0.2) is 49.6 Å². The minimum atomic E-state index is -3.58. The minimum absolute atomic E-state index is 0.0674. The van der Waals surface area contributed by atoms with Gasteiger partial charge in [0, 0.05) is 25.5 Å². The van der Waals surface area contributed by atoms with E-state index in [1.54, 1.807) is 12.1 Å². The van der Waals surface area contributed by atoms with E-state index >= 15 is 0 Å². The smallest absolute Gasteiger partial charge is 0.242 e. The third kappa shape index (κ3) is 3.31. The fourth-order valence-electron chi connectivity index (χ4n) is 1.98. The number of nitrogens with one attached hydrogen (secondary N) is 1. The molecule has 21 heavy (non-hydrogen) atoms. The van der Waals surface area contributed by atoms with Crippen LogP contribution >= 0.6 is 0 Å². The van der Waals surface area contributed by atoms with Crippen molar-refractivity contribution >= 4 is 26.7 Å². The van der Waals surface area contributed by atoms with E-state index in [1.807, 2.05) is 19.1 Å². The molecule has 0 bridgehead atoms. The molecule has 0 aliphatic heterocycles. The van der Waals surface area contributed by atoms with Crippen molar-refractivity contribution in [3.8, 4) is 0 Å². The third-order valence-corrected chi connectivity index (χ3v) is 4.99. The Bertz CT molecular complexity index is 731. The molecule has 0 radical (unpaired) electrons. The molecule has 0 unspecified atom stereocenters. The normalized spacial score (nSPS) is 12.0. The topological polar surface area (TPSA) is 82.5 Å². The van der Waals surface area contributed by atoms with Crippen LogP contribution in [0.25, 0.3) is 10.9 Å². The SMILES string of the molecule is CCNc1ccc2cc(S(=O)(=O)N(C)CCO)ccc2n1. The number of nitrogens with zero attached hydrogens (tertiary/aromatic N) is 2. The van der Waals surface area contributed by atoms with Crippen LogP contribution in [0.4, 0.5) is 5.82 Å². The maximum absolute atomic E-state index is 12.3. The van der Waals surface area contributed by atoms with E-state index in [2.05, 4.69) is 10.3 Å². The Balaban J connectivity index is 2.41. The fraction of sp³-hybridized carbons (Fsp3) is 0.357. The number of aromatic nitrogens is 1. The summed E-state index contributed by atoms with van der Waals surface area (Å²) >= 11 is 0. The molecular weight excluding hydrogens is 290 g/mol. The Hall–Kier alpha value is -1.70. The molecular formula is C14H19N3O3S. The summed E-state index contributed by atoms with van der Waals surface area (Å²) in [5.41, 5.74) is 0.734. The lowest BCUT2D eigenvalue weighted by atomic mass is 10.2. The molecule has 2 N–H and O–H groups in total. The van der Waals surface area contributed by atoms with E-state index in [-0.39, 0.29) is 18.0 Å². The van der Waals surface area contributed by atoms with Gasteiger partial charge < -0.3 is 10.4 Å².